The molecule has 4 nitrogen and oxygen atoms in total. The zero-order valence-corrected chi connectivity index (χ0v) is 15.3. The van der Waals surface area contributed by atoms with Gasteiger partial charge in [-0.1, -0.05) is 29.8 Å². The fraction of sp³-hybridized carbons (Fsp3) is 0.882. The quantitative estimate of drug-likeness (QED) is 0.586. The van der Waals surface area contributed by atoms with Crippen LogP contribution in [0.1, 0.15) is 53.4 Å². The second kappa shape index (κ2) is 4.95. The van der Waals surface area contributed by atoms with E-state index in [9.17, 15) is 0 Å². The molecule has 0 aromatic carbocycles. The predicted molar refractivity (Wildman–Crippen MR) is 84.7 cm³/mol. The number of allylic oxidation sites excluding steroid dienone is 2. The van der Waals surface area contributed by atoms with Gasteiger partial charge in [0, 0.05) is 28.7 Å². The molecule has 4 heterocycles. The lowest BCUT2D eigenvalue weighted by Crippen LogP contribution is -2.68. The van der Waals surface area contributed by atoms with Gasteiger partial charge >= 0.3 is 0 Å². The zero-order chi connectivity index (χ0) is 15.7. The van der Waals surface area contributed by atoms with E-state index < -0.39 is 11.4 Å². The first-order valence-corrected chi connectivity index (χ1v) is 9.24. The van der Waals surface area contributed by atoms with Crippen molar-refractivity contribution in [1.82, 2.24) is 0 Å². The van der Waals surface area contributed by atoms with Gasteiger partial charge in [0.2, 0.25) is 12.1 Å². The maximum Gasteiger partial charge on any atom is 0.235 e. The summed E-state index contributed by atoms with van der Waals surface area (Å²) in [5.41, 5.74) is -0.459. The number of fused-ring (bicyclic) bond motifs is 2. The van der Waals surface area contributed by atoms with Crippen molar-refractivity contribution >= 4 is 15.9 Å². The maximum atomic E-state index is 6.32. The predicted octanol–water partition coefficient (Wildman–Crippen LogP) is 4.49. The third kappa shape index (κ3) is 1.92. The van der Waals surface area contributed by atoms with Crippen LogP contribution >= 0.6 is 15.9 Å². The molecule has 4 saturated heterocycles. The molecule has 1 saturated carbocycles. The van der Waals surface area contributed by atoms with Gasteiger partial charge in [-0.3, -0.25) is 0 Å². The third-order valence-electron chi connectivity index (χ3n) is 6.37. The first kappa shape index (κ1) is 15.4. The molecule has 0 unspecified atom stereocenters. The van der Waals surface area contributed by atoms with Crippen LogP contribution in [-0.2, 0) is 19.2 Å². The van der Waals surface area contributed by atoms with Crippen LogP contribution < -0.4 is 0 Å². The first-order chi connectivity index (χ1) is 10.4. The molecule has 5 aliphatic rings. The van der Waals surface area contributed by atoms with Gasteiger partial charge in [-0.2, -0.15) is 0 Å². The summed E-state index contributed by atoms with van der Waals surface area (Å²) in [4.78, 5) is 11.9. The van der Waals surface area contributed by atoms with Gasteiger partial charge in [-0.05, 0) is 39.0 Å². The molecule has 124 valence electrons. The number of halogens is 1. The van der Waals surface area contributed by atoms with E-state index in [0.29, 0.717) is 23.7 Å². The minimum Gasteiger partial charge on any atom is -0.465 e. The molecule has 4 aliphatic heterocycles. The molecule has 0 N–H and O–H groups in total. The lowest BCUT2D eigenvalue weighted by molar-refractivity contribution is -0.562. The Bertz CT molecular complexity index is 517. The molecule has 0 amide bonds. The van der Waals surface area contributed by atoms with Gasteiger partial charge in [0.25, 0.3) is 0 Å². The molecular formula is C17H25BrO4. The van der Waals surface area contributed by atoms with Crippen LogP contribution in [0.3, 0.4) is 0 Å². The van der Waals surface area contributed by atoms with E-state index in [4.69, 9.17) is 19.2 Å². The molecule has 5 rings (SSSR count). The monoisotopic (exact) mass is 372 g/mol. The van der Waals surface area contributed by atoms with Crippen LogP contribution in [0.2, 0.25) is 0 Å². The molecular weight excluding hydrogens is 348 g/mol. The number of hydrogen-bond donors (Lipinski definition) is 0. The molecule has 22 heavy (non-hydrogen) atoms. The van der Waals surface area contributed by atoms with Crippen molar-refractivity contribution in [1.29, 1.82) is 0 Å². The van der Waals surface area contributed by atoms with E-state index in [1.54, 1.807) is 0 Å². The Kier molecular flexibility index (Phi) is 3.47. The standard InChI is InChI=1S/C17H25BrO4/c1-9-5-6-13-10(2)14(11(3)18)19-15-17(13)12(9)7-8-16(4,20-15)21-22-17/h9-10,12-13,15H,5-8H2,1-4H3/b14-11+/t9-,10-,12+,13+,15-,16-,17-/m1/s1. The summed E-state index contributed by atoms with van der Waals surface area (Å²) in [6.45, 7) is 8.58. The molecule has 0 aromatic rings. The highest BCUT2D eigenvalue weighted by atomic mass is 79.9. The van der Waals surface area contributed by atoms with Gasteiger partial charge in [0.05, 0.1) is 0 Å². The van der Waals surface area contributed by atoms with Crippen LogP contribution in [0.25, 0.3) is 0 Å². The van der Waals surface area contributed by atoms with Gasteiger partial charge < -0.3 is 9.47 Å². The molecule has 1 aliphatic carbocycles. The van der Waals surface area contributed by atoms with Crippen molar-refractivity contribution in [2.75, 3.05) is 0 Å². The number of ether oxygens (including phenoxy) is 2. The summed E-state index contributed by atoms with van der Waals surface area (Å²) < 4.78 is 13.7. The van der Waals surface area contributed by atoms with Crippen LogP contribution in [0, 0.1) is 23.7 Å². The Labute approximate surface area is 140 Å². The minimum atomic E-state index is -0.691. The SMILES string of the molecule is C/C(Br)=C1\O[C@@H]2O[C@@]3(C)CC[C@H]4[C@H](C)CC[C@@H]([C@H]1C)[C@@]24OO3. The molecule has 0 radical (unpaired) electrons. The van der Waals surface area contributed by atoms with Crippen molar-refractivity contribution < 1.29 is 19.2 Å². The summed E-state index contributed by atoms with van der Waals surface area (Å²) in [7, 11) is 0. The van der Waals surface area contributed by atoms with E-state index >= 15 is 0 Å². The fourth-order valence-electron chi connectivity index (χ4n) is 5.19. The summed E-state index contributed by atoms with van der Waals surface area (Å²) in [5, 5.41) is 0. The Morgan fingerprint density at radius 3 is 2.64 bits per heavy atom. The third-order valence-corrected chi connectivity index (χ3v) is 6.76. The van der Waals surface area contributed by atoms with E-state index in [0.717, 1.165) is 29.5 Å². The second-order valence-corrected chi connectivity index (χ2v) is 8.90. The summed E-state index contributed by atoms with van der Waals surface area (Å²) in [6.07, 6.45) is 3.93. The van der Waals surface area contributed by atoms with Crippen molar-refractivity contribution in [3.8, 4) is 0 Å². The summed E-state index contributed by atoms with van der Waals surface area (Å²) in [5.74, 6) is 2.04. The second-order valence-electron chi connectivity index (χ2n) is 7.71. The highest BCUT2D eigenvalue weighted by Gasteiger charge is 2.69. The summed E-state index contributed by atoms with van der Waals surface area (Å²) >= 11 is 3.61. The van der Waals surface area contributed by atoms with Gasteiger partial charge in [-0.15, -0.1) is 0 Å². The van der Waals surface area contributed by atoms with Crippen molar-refractivity contribution in [3.63, 3.8) is 0 Å². The Balaban J connectivity index is 1.84. The van der Waals surface area contributed by atoms with Gasteiger partial charge in [-0.25, -0.2) is 9.78 Å². The highest BCUT2D eigenvalue weighted by molar-refractivity contribution is 9.11. The van der Waals surface area contributed by atoms with Crippen molar-refractivity contribution in [2.45, 2.75) is 71.1 Å². The molecule has 1 spiro atoms. The van der Waals surface area contributed by atoms with Gasteiger partial charge in [0.1, 0.15) is 5.76 Å². The Morgan fingerprint density at radius 2 is 1.91 bits per heavy atom. The largest absolute Gasteiger partial charge is 0.465 e. The maximum absolute atomic E-state index is 6.32. The highest BCUT2D eigenvalue weighted by Crippen LogP contribution is 2.61. The van der Waals surface area contributed by atoms with Crippen LogP contribution in [-0.4, -0.2) is 17.7 Å². The van der Waals surface area contributed by atoms with Crippen LogP contribution in [0.5, 0.6) is 0 Å². The lowest BCUT2D eigenvalue weighted by Gasteiger charge is -2.59. The Hall–Kier alpha value is -0.100. The van der Waals surface area contributed by atoms with Crippen LogP contribution in [0.4, 0.5) is 0 Å². The van der Waals surface area contributed by atoms with Crippen LogP contribution in [0.15, 0.2) is 10.2 Å². The average molecular weight is 373 g/mol. The summed E-state index contributed by atoms with van der Waals surface area (Å²) in [6, 6.07) is 0. The smallest absolute Gasteiger partial charge is 0.235 e. The van der Waals surface area contributed by atoms with Crippen molar-refractivity contribution in [2.24, 2.45) is 23.7 Å². The first-order valence-electron chi connectivity index (χ1n) is 8.45. The van der Waals surface area contributed by atoms with E-state index in [1.165, 1.54) is 6.42 Å². The van der Waals surface area contributed by atoms with Crippen molar-refractivity contribution in [3.05, 3.63) is 10.2 Å². The minimum absolute atomic E-state index is 0.306. The number of rotatable bonds is 0. The molecule has 5 heteroatoms. The topological polar surface area (TPSA) is 36.9 Å². The molecule has 5 fully saturated rings. The average Bonchev–Trinajstić information content (AvgIpc) is 2.69. The zero-order valence-electron chi connectivity index (χ0n) is 13.7. The van der Waals surface area contributed by atoms with Gasteiger partial charge in [0.15, 0.2) is 5.60 Å². The molecule has 2 bridgehead atoms. The lowest BCUT2D eigenvalue weighted by atomic mass is 9.58. The molecule has 7 atom stereocenters. The fourth-order valence-corrected chi connectivity index (χ4v) is 5.64. The Morgan fingerprint density at radius 1 is 1.14 bits per heavy atom. The number of hydrogen-bond acceptors (Lipinski definition) is 4. The normalized spacial score (nSPS) is 56.0. The van der Waals surface area contributed by atoms with E-state index in [1.807, 2.05) is 13.8 Å². The van der Waals surface area contributed by atoms with E-state index in [2.05, 4.69) is 29.8 Å². The molecule has 0 aromatic heterocycles. The van der Waals surface area contributed by atoms with E-state index in [-0.39, 0.29) is 6.29 Å².